The lowest BCUT2D eigenvalue weighted by atomic mass is 10.2. The number of nitrogens with zero attached hydrogens (tertiary/aromatic N) is 4. The van der Waals surface area contributed by atoms with Crippen LogP contribution >= 0.6 is 11.6 Å². The normalized spacial score (nSPS) is 11.0. The van der Waals surface area contributed by atoms with Gasteiger partial charge in [0.1, 0.15) is 5.75 Å². The predicted octanol–water partition coefficient (Wildman–Crippen LogP) is 1.41. The highest BCUT2D eigenvalue weighted by molar-refractivity contribution is 6.32. The molecule has 0 N–H and O–H groups in total. The molecule has 2 aromatic heterocycles. The van der Waals surface area contributed by atoms with Crippen LogP contribution in [0.4, 0.5) is 0 Å². The molecule has 0 atom stereocenters. The maximum absolute atomic E-state index is 12.6. The molecule has 0 spiro atoms. The van der Waals surface area contributed by atoms with Gasteiger partial charge in [0.2, 0.25) is 0 Å². The number of rotatable bonds is 7. The van der Waals surface area contributed by atoms with Crippen LogP contribution in [0.25, 0.3) is 11.2 Å². The van der Waals surface area contributed by atoms with Crippen LogP contribution in [-0.2, 0) is 30.2 Å². The first-order chi connectivity index (χ1) is 13.8. The number of hydrogen-bond acceptors (Lipinski definition) is 6. The Bertz CT molecular complexity index is 1180. The summed E-state index contributed by atoms with van der Waals surface area (Å²) in [7, 11) is 3.25. The summed E-state index contributed by atoms with van der Waals surface area (Å²) in [6.45, 7) is 1.76. The van der Waals surface area contributed by atoms with E-state index in [2.05, 4.69) is 4.98 Å². The van der Waals surface area contributed by atoms with Gasteiger partial charge in [-0.3, -0.25) is 13.9 Å². The van der Waals surface area contributed by atoms with E-state index in [-0.39, 0.29) is 19.8 Å². The van der Waals surface area contributed by atoms with Crippen LogP contribution in [0.15, 0.2) is 34.1 Å². The Morgan fingerprint density at radius 2 is 2.00 bits per heavy atom. The fourth-order valence-corrected chi connectivity index (χ4v) is 3.07. The van der Waals surface area contributed by atoms with Crippen molar-refractivity contribution in [2.45, 2.75) is 19.9 Å². The van der Waals surface area contributed by atoms with Crippen molar-refractivity contribution in [2.24, 2.45) is 14.1 Å². The molecule has 0 aliphatic heterocycles. The molecule has 10 heteroatoms. The van der Waals surface area contributed by atoms with Gasteiger partial charge in [0.25, 0.3) is 5.56 Å². The SMILES string of the molecule is Cc1ccc(Cl)c(OCC(=O)OCCCn2c(=O)c3c(ncn3C)n(C)c2=O)c1. The lowest BCUT2D eigenvalue weighted by Crippen LogP contribution is -2.39. The second kappa shape index (κ2) is 8.52. The van der Waals surface area contributed by atoms with E-state index in [1.165, 1.54) is 10.9 Å². The molecule has 2 heterocycles. The van der Waals surface area contributed by atoms with E-state index in [1.54, 1.807) is 30.8 Å². The highest BCUT2D eigenvalue weighted by Crippen LogP contribution is 2.25. The van der Waals surface area contributed by atoms with Crippen molar-refractivity contribution in [3.63, 3.8) is 0 Å². The molecule has 9 nitrogen and oxygen atoms in total. The summed E-state index contributed by atoms with van der Waals surface area (Å²) < 4.78 is 14.5. The molecule has 0 aliphatic rings. The number of hydrogen-bond donors (Lipinski definition) is 0. The minimum absolute atomic E-state index is 0.0444. The third-order valence-electron chi connectivity index (χ3n) is 4.42. The van der Waals surface area contributed by atoms with E-state index in [9.17, 15) is 14.4 Å². The van der Waals surface area contributed by atoms with Crippen molar-refractivity contribution in [3.8, 4) is 5.75 Å². The van der Waals surface area contributed by atoms with Gasteiger partial charge >= 0.3 is 11.7 Å². The third-order valence-corrected chi connectivity index (χ3v) is 4.73. The second-order valence-electron chi connectivity index (χ2n) is 6.62. The zero-order valence-electron chi connectivity index (χ0n) is 16.3. The first kappa shape index (κ1) is 20.7. The Labute approximate surface area is 171 Å². The molecular formula is C19H21ClN4O5. The van der Waals surface area contributed by atoms with Gasteiger partial charge in [0.15, 0.2) is 17.8 Å². The molecular weight excluding hydrogens is 400 g/mol. The van der Waals surface area contributed by atoms with Crippen molar-refractivity contribution < 1.29 is 14.3 Å². The van der Waals surface area contributed by atoms with Gasteiger partial charge in [-0.15, -0.1) is 0 Å². The van der Waals surface area contributed by atoms with Crippen LogP contribution in [0, 0.1) is 6.92 Å². The van der Waals surface area contributed by atoms with Gasteiger partial charge in [-0.05, 0) is 31.0 Å². The zero-order valence-corrected chi connectivity index (χ0v) is 17.1. The number of aryl methyl sites for hydroxylation is 3. The summed E-state index contributed by atoms with van der Waals surface area (Å²) in [6.07, 6.45) is 1.79. The largest absolute Gasteiger partial charge is 0.480 e. The maximum atomic E-state index is 12.6. The summed E-state index contributed by atoms with van der Waals surface area (Å²) in [4.78, 5) is 40.9. The van der Waals surface area contributed by atoms with Gasteiger partial charge in [0, 0.05) is 20.6 Å². The summed E-state index contributed by atoms with van der Waals surface area (Å²) >= 11 is 6.01. The molecule has 0 fully saturated rings. The average molecular weight is 421 g/mol. The summed E-state index contributed by atoms with van der Waals surface area (Å²) in [5.74, 6) is -0.159. The van der Waals surface area contributed by atoms with E-state index in [4.69, 9.17) is 21.1 Å². The van der Waals surface area contributed by atoms with Gasteiger partial charge in [0.05, 0.1) is 18.0 Å². The molecule has 1 aromatic carbocycles. The van der Waals surface area contributed by atoms with Crippen molar-refractivity contribution in [1.82, 2.24) is 18.7 Å². The number of imidazole rings is 1. The molecule has 154 valence electrons. The van der Waals surface area contributed by atoms with Gasteiger partial charge < -0.3 is 14.0 Å². The number of carbonyl (C=O) groups is 1. The number of fused-ring (bicyclic) bond motifs is 1. The zero-order chi connectivity index (χ0) is 21.1. The monoisotopic (exact) mass is 420 g/mol. The first-order valence-corrected chi connectivity index (χ1v) is 9.33. The fraction of sp³-hybridized carbons (Fsp3) is 0.368. The van der Waals surface area contributed by atoms with Crippen LogP contribution in [0.3, 0.4) is 0 Å². The van der Waals surface area contributed by atoms with Crippen molar-refractivity contribution in [2.75, 3.05) is 13.2 Å². The molecule has 0 bridgehead atoms. The van der Waals surface area contributed by atoms with E-state index in [1.807, 2.05) is 13.0 Å². The minimum Gasteiger partial charge on any atom is -0.480 e. The number of aromatic nitrogens is 4. The quantitative estimate of drug-likeness (QED) is 0.423. The molecule has 0 unspecified atom stereocenters. The molecule has 3 aromatic rings. The van der Waals surface area contributed by atoms with E-state index in [0.29, 0.717) is 28.4 Å². The van der Waals surface area contributed by atoms with Crippen molar-refractivity contribution >= 4 is 28.7 Å². The summed E-state index contributed by atoms with van der Waals surface area (Å²) in [5.41, 5.74) is 0.733. The Hall–Kier alpha value is -3.07. The van der Waals surface area contributed by atoms with Crippen LogP contribution in [0.1, 0.15) is 12.0 Å². The van der Waals surface area contributed by atoms with E-state index < -0.39 is 17.2 Å². The molecule has 0 saturated carbocycles. The van der Waals surface area contributed by atoms with Gasteiger partial charge in [-0.2, -0.15) is 0 Å². The van der Waals surface area contributed by atoms with E-state index in [0.717, 1.165) is 10.1 Å². The van der Waals surface area contributed by atoms with Crippen LogP contribution in [0.5, 0.6) is 5.75 Å². The molecule has 3 rings (SSSR count). The molecule has 0 aliphatic carbocycles. The smallest absolute Gasteiger partial charge is 0.344 e. The maximum Gasteiger partial charge on any atom is 0.344 e. The van der Waals surface area contributed by atoms with Gasteiger partial charge in [-0.1, -0.05) is 17.7 Å². The second-order valence-corrected chi connectivity index (χ2v) is 7.03. The van der Waals surface area contributed by atoms with E-state index >= 15 is 0 Å². The fourth-order valence-electron chi connectivity index (χ4n) is 2.90. The Morgan fingerprint density at radius 1 is 1.24 bits per heavy atom. The van der Waals surface area contributed by atoms with Crippen LogP contribution < -0.4 is 16.0 Å². The summed E-state index contributed by atoms with van der Waals surface area (Å²) in [5, 5.41) is 0.407. The number of esters is 1. The lowest BCUT2D eigenvalue weighted by Gasteiger charge is -2.10. The predicted molar refractivity (Wildman–Crippen MR) is 107 cm³/mol. The molecule has 0 saturated heterocycles. The Morgan fingerprint density at radius 3 is 2.76 bits per heavy atom. The molecule has 0 amide bonds. The summed E-state index contributed by atoms with van der Waals surface area (Å²) in [6, 6.07) is 5.25. The number of benzene rings is 1. The Balaban J connectivity index is 1.56. The third kappa shape index (κ3) is 4.34. The minimum atomic E-state index is -0.565. The topological polar surface area (TPSA) is 97.3 Å². The number of ether oxygens (including phenoxy) is 2. The molecule has 0 radical (unpaired) electrons. The van der Waals surface area contributed by atoms with Gasteiger partial charge in [-0.25, -0.2) is 14.6 Å². The first-order valence-electron chi connectivity index (χ1n) is 8.95. The van der Waals surface area contributed by atoms with Crippen LogP contribution in [-0.4, -0.2) is 37.9 Å². The Kier molecular flexibility index (Phi) is 6.07. The van der Waals surface area contributed by atoms with Crippen molar-refractivity contribution in [1.29, 1.82) is 0 Å². The number of carbonyl (C=O) groups excluding carboxylic acids is 1. The average Bonchev–Trinajstić information content (AvgIpc) is 3.08. The van der Waals surface area contributed by atoms with Crippen LogP contribution in [0.2, 0.25) is 5.02 Å². The standard InChI is InChI=1S/C19H21ClN4O5/c1-12-5-6-13(20)14(9-12)29-10-15(25)28-8-4-7-24-18(26)16-17(21-11-22(16)2)23(3)19(24)27/h5-6,9,11H,4,7-8,10H2,1-3H3. The lowest BCUT2D eigenvalue weighted by molar-refractivity contribution is -0.146. The highest BCUT2D eigenvalue weighted by atomic mass is 35.5. The number of halogens is 1. The highest BCUT2D eigenvalue weighted by Gasteiger charge is 2.15. The van der Waals surface area contributed by atoms with Crippen molar-refractivity contribution in [3.05, 3.63) is 56.0 Å². The molecule has 29 heavy (non-hydrogen) atoms.